The molecule has 1 N–H and O–H groups in total. The van der Waals surface area contributed by atoms with Crippen molar-refractivity contribution in [2.75, 3.05) is 0 Å². The molecule has 2 aromatic rings. The summed E-state index contributed by atoms with van der Waals surface area (Å²) >= 11 is 5.77. The minimum Gasteiger partial charge on any atom is -0.360 e. The van der Waals surface area contributed by atoms with Crippen molar-refractivity contribution in [2.24, 2.45) is 0 Å². The molecule has 1 aromatic heterocycles. The van der Waals surface area contributed by atoms with Crippen LogP contribution in [0.1, 0.15) is 5.76 Å². The van der Waals surface area contributed by atoms with Crippen molar-refractivity contribution in [1.82, 2.24) is 9.88 Å². The quantitative estimate of drug-likeness (QED) is 0.663. The predicted octanol–water partition coefficient (Wildman–Crippen LogP) is 1.71. The summed E-state index contributed by atoms with van der Waals surface area (Å²) < 4.78 is 31.0. The minimum absolute atomic E-state index is 0.110. The number of hydrogen-bond donors (Lipinski definition) is 1. The zero-order valence-corrected chi connectivity index (χ0v) is 11.4. The van der Waals surface area contributed by atoms with Crippen LogP contribution >= 0.6 is 11.6 Å². The maximum Gasteiger partial charge on any atom is 0.270 e. The van der Waals surface area contributed by atoms with Crippen LogP contribution in [0.3, 0.4) is 0 Å². The number of nitro groups is 1. The van der Waals surface area contributed by atoms with Crippen molar-refractivity contribution >= 4 is 27.3 Å². The lowest BCUT2D eigenvalue weighted by Crippen LogP contribution is -2.23. The van der Waals surface area contributed by atoms with Crippen molar-refractivity contribution in [3.63, 3.8) is 0 Å². The van der Waals surface area contributed by atoms with E-state index in [1.54, 1.807) is 0 Å². The number of nitrogens with one attached hydrogen (secondary N) is 1. The molecule has 0 saturated carbocycles. The topological polar surface area (TPSA) is 115 Å². The van der Waals surface area contributed by atoms with Crippen molar-refractivity contribution in [3.8, 4) is 0 Å². The highest BCUT2D eigenvalue weighted by Gasteiger charge is 2.21. The van der Waals surface area contributed by atoms with E-state index in [2.05, 4.69) is 9.88 Å². The Morgan fingerprint density at radius 3 is 2.75 bits per heavy atom. The Morgan fingerprint density at radius 1 is 1.40 bits per heavy atom. The molecule has 0 radical (unpaired) electrons. The van der Waals surface area contributed by atoms with Gasteiger partial charge in [-0.15, -0.1) is 0 Å². The van der Waals surface area contributed by atoms with Crippen molar-refractivity contribution in [3.05, 3.63) is 51.4 Å². The highest BCUT2D eigenvalue weighted by atomic mass is 35.5. The number of hydrogen-bond acceptors (Lipinski definition) is 6. The molecule has 0 amide bonds. The summed E-state index contributed by atoms with van der Waals surface area (Å²) in [7, 11) is -4.00. The molecule has 20 heavy (non-hydrogen) atoms. The number of halogens is 1. The zero-order chi connectivity index (χ0) is 14.8. The first kappa shape index (κ1) is 14.4. The summed E-state index contributed by atoms with van der Waals surface area (Å²) in [5, 5.41) is 14.0. The van der Waals surface area contributed by atoms with E-state index in [9.17, 15) is 18.5 Å². The van der Waals surface area contributed by atoms with Gasteiger partial charge in [0.1, 0.15) is 4.90 Å². The number of aromatic nitrogens is 1. The van der Waals surface area contributed by atoms with Gasteiger partial charge in [-0.2, -0.15) is 0 Å². The average Bonchev–Trinajstić information content (AvgIpc) is 2.89. The van der Waals surface area contributed by atoms with Crippen LogP contribution in [-0.2, 0) is 16.6 Å². The molecule has 1 heterocycles. The Labute approximate surface area is 118 Å². The largest absolute Gasteiger partial charge is 0.360 e. The molecule has 106 valence electrons. The lowest BCUT2D eigenvalue weighted by Gasteiger charge is -2.06. The molecule has 0 bridgehead atoms. The molecule has 2 rings (SSSR count). The average molecular weight is 318 g/mol. The van der Waals surface area contributed by atoms with E-state index < -0.39 is 14.9 Å². The molecule has 0 aliphatic heterocycles. The van der Waals surface area contributed by atoms with Crippen LogP contribution in [0.25, 0.3) is 0 Å². The molecule has 1 aromatic carbocycles. The monoisotopic (exact) mass is 317 g/mol. The third kappa shape index (κ3) is 3.13. The number of benzene rings is 1. The van der Waals surface area contributed by atoms with E-state index in [1.807, 2.05) is 0 Å². The fraction of sp³-hybridized carbons (Fsp3) is 0.100. The van der Waals surface area contributed by atoms with Crippen LogP contribution in [-0.4, -0.2) is 18.5 Å². The van der Waals surface area contributed by atoms with Gasteiger partial charge in [-0.25, -0.2) is 13.1 Å². The van der Waals surface area contributed by atoms with Crippen molar-refractivity contribution in [2.45, 2.75) is 11.4 Å². The third-order valence-electron chi connectivity index (χ3n) is 2.34. The number of nitro benzene ring substituents is 1. The molecule has 0 atom stereocenters. The first-order valence-corrected chi connectivity index (χ1v) is 7.09. The lowest BCUT2D eigenvalue weighted by molar-refractivity contribution is -0.385. The van der Waals surface area contributed by atoms with Crippen LogP contribution in [0, 0.1) is 10.1 Å². The molecule has 0 aliphatic rings. The summed E-state index contributed by atoms with van der Waals surface area (Å²) in [6.07, 6.45) is 1.37. The molecule has 0 aliphatic carbocycles. The number of non-ortho nitro benzene ring substituents is 1. The van der Waals surface area contributed by atoms with Crippen LogP contribution in [0.5, 0.6) is 0 Å². The van der Waals surface area contributed by atoms with Crippen molar-refractivity contribution < 1.29 is 17.9 Å². The highest BCUT2D eigenvalue weighted by molar-refractivity contribution is 7.89. The second-order valence-electron chi connectivity index (χ2n) is 3.68. The molecular formula is C10H8ClN3O5S. The molecule has 10 heteroatoms. The van der Waals surface area contributed by atoms with E-state index in [0.29, 0.717) is 5.76 Å². The Bertz CT molecular complexity index is 729. The van der Waals surface area contributed by atoms with Gasteiger partial charge in [-0.3, -0.25) is 10.1 Å². The van der Waals surface area contributed by atoms with Gasteiger partial charge in [-0.1, -0.05) is 16.8 Å². The van der Waals surface area contributed by atoms with Gasteiger partial charge in [0.05, 0.1) is 22.7 Å². The van der Waals surface area contributed by atoms with Crippen LogP contribution in [0.15, 0.2) is 39.9 Å². The second kappa shape index (κ2) is 5.57. The van der Waals surface area contributed by atoms with E-state index in [1.165, 1.54) is 12.3 Å². The summed E-state index contributed by atoms with van der Waals surface area (Å²) in [5.41, 5.74) is -0.366. The Kier molecular flexibility index (Phi) is 4.02. The SMILES string of the molecule is O=[N+]([O-])c1ccc(Cl)c(S(=O)(=O)NCc2ccno2)c1. The predicted molar refractivity (Wildman–Crippen MR) is 68.6 cm³/mol. The normalized spacial score (nSPS) is 11.4. The molecule has 0 unspecified atom stereocenters. The summed E-state index contributed by atoms with van der Waals surface area (Å²) in [4.78, 5) is 9.59. The van der Waals surface area contributed by atoms with Gasteiger partial charge in [-0.05, 0) is 6.07 Å². The smallest absolute Gasteiger partial charge is 0.270 e. The van der Waals surface area contributed by atoms with Crippen molar-refractivity contribution in [1.29, 1.82) is 0 Å². The van der Waals surface area contributed by atoms with Gasteiger partial charge in [0.2, 0.25) is 10.0 Å². The molecule has 0 spiro atoms. The molecule has 0 saturated heterocycles. The van der Waals surface area contributed by atoms with E-state index in [4.69, 9.17) is 16.1 Å². The summed E-state index contributed by atoms with van der Waals surface area (Å²) in [6, 6.07) is 4.66. The van der Waals surface area contributed by atoms with Gasteiger partial charge in [0, 0.05) is 18.2 Å². The number of sulfonamides is 1. The first-order valence-electron chi connectivity index (χ1n) is 5.23. The Hall–Kier alpha value is -1.97. The minimum atomic E-state index is -4.00. The standard InChI is InChI=1S/C10H8ClN3O5S/c11-9-2-1-7(14(15)16)5-10(9)20(17,18)13-6-8-3-4-12-19-8/h1-5,13H,6H2. The Balaban J connectivity index is 2.28. The first-order chi connectivity index (χ1) is 9.40. The van der Waals surface area contributed by atoms with Crippen LogP contribution in [0.4, 0.5) is 5.69 Å². The maximum absolute atomic E-state index is 12.0. The second-order valence-corrected chi connectivity index (χ2v) is 5.82. The molecular weight excluding hydrogens is 310 g/mol. The third-order valence-corrected chi connectivity index (χ3v) is 4.23. The van der Waals surface area contributed by atoms with Gasteiger partial charge in [0.15, 0.2) is 5.76 Å². The molecule has 0 fully saturated rings. The van der Waals surface area contributed by atoms with E-state index in [-0.39, 0.29) is 22.2 Å². The van der Waals surface area contributed by atoms with Gasteiger partial charge in [0.25, 0.3) is 5.69 Å². The van der Waals surface area contributed by atoms with E-state index >= 15 is 0 Å². The fourth-order valence-electron chi connectivity index (χ4n) is 1.39. The molecule has 8 nitrogen and oxygen atoms in total. The van der Waals surface area contributed by atoms with Crippen LogP contribution in [0.2, 0.25) is 5.02 Å². The Morgan fingerprint density at radius 2 is 2.15 bits per heavy atom. The number of rotatable bonds is 5. The zero-order valence-electron chi connectivity index (χ0n) is 9.82. The highest BCUT2D eigenvalue weighted by Crippen LogP contribution is 2.26. The van der Waals surface area contributed by atoms with Gasteiger partial charge < -0.3 is 4.52 Å². The summed E-state index contributed by atoms with van der Waals surface area (Å²) in [6.45, 7) is -0.138. The summed E-state index contributed by atoms with van der Waals surface area (Å²) in [5.74, 6) is 0.301. The lowest BCUT2D eigenvalue weighted by atomic mass is 10.3. The maximum atomic E-state index is 12.0. The van der Waals surface area contributed by atoms with E-state index in [0.717, 1.165) is 18.2 Å². The van der Waals surface area contributed by atoms with Crippen LogP contribution < -0.4 is 4.72 Å². The van der Waals surface area contributed by atoms with Gasteiger partial charge >= 0.3 is 0 Å². The fourth-order valence-corrected chi connectivity index (χ4v) is 2.90. The number of nitrogens with zero attached hydrogens (tertiary/aromatic N) is 2.